The molecule has 0 N–H and O–H groups in total. The number of ether oxygens (including phenoxy) is 1. The highest BCUT2D eigenvalue weighted by atomic mass is 32.1. The fourth-order valence-corrected chi connectivity index (χ4v) is 2.66. The third-order valence-corrected chi connectivity index (χ3v) is 3.39. The molecular weight excluding hydrogens is 196 g/mol. The van der Waals surface area contributed by atoms with Crippen LogP contribution in [-0.2, 0) is 4.79 Å². The minimum absolute atomic E-state index is 0.484. The van der Waals surface area contributed by atoms with E-state index in [9.17, 15) is 4.79 Å². The van der Waals surface area contributed by atoms with Crippen LogP contribution in [0.3, 0.4) is 0 Å². The van der Waals surface area contributed by atoms with Crippen LogP contribution in [0.4, 0.5) is 0 Å². The second-order valence-corrected chi connectivity index (χ2v) is 4.59. The Bertz CT molecular complexity index is 377. The van der Waals surface area contributed by atoms with Gasteiger partial charge in [0.2, 0.25) is 0 Å². The number of thiophene rings is 1. The summed E-state index contributed by atoms with van der Waals surface area (Å²) in [5.41, 5.74) is 2.66. The quantitative estimate of drug-likeness (QED) is 0.713. The first-order valence-corrected chi connectivity index (χ1v) is 5.53. The van der Waals surface area contributed by atoms with Gasteiger partial charge < -0.3 is 4.74 Å². The van der Waals surface area contributed by atoms with E-state index in [0.717, 1.165) is 6.42 Å². The minimum Gasteiger partial charge on any atom is -0.418 e. The van der Waals surface area contributed by atoms with Gasteiger partial charge in [-0.15, -0.1) is 11.3 Å². The van der Waals surface area contributed by atoms with Crippen molar-refractivity contribution in [2.45, 2.75) is 26.2 Å². The van der Waals surface area contributed by atoms with Gasteiger partial charge in [0, 0.05) is 10.9 Å². The molecule has 0 spiro atoms. The zero-order chi connectivity index (χ0) is 9.97. The third kappa shape index (κ3) is 1.73. The Labute approximate surface area is 87.2 Å². The summed E-state index contributed by atoms with van der Waals surface area (Å²) >= 11 is 1.53. The molecule has 74 valence electrons. The van der Waals surface area contributed by atoms with Crippen LogP contribution in [0.1, 0.15) is 29.7 Å². The topological polar surface area (TPSA) is 26.3 Å². The Hall–Kier alpha value is -1.09. The van der Waals surface area contributed by atoms with E-state index in [4.69, 9.17) is 4.74 Å². The second kappa shape index (κ2) is 3.96. The largest absolute Gasteiger partial charge is 0.418 e. The fourth-order valence-electron chi connectivity index (χ4n) is 1.79. The molecule has 0 aliphatic heterocycles. The van der Waals surface area contributed by atoms with Crippen LogP contribution >= 0.6 is 11.3 Å². The second-order valence-electron chi connectivity index (χ2n) is 3.37. The van der Waals surface area contributed by atoms with E-state index in [0.29, 0.717) is 11.5 Å². The molecule has 0 amide bonds. The van der Waals surface area contributed by atoms with Gasteiger partial charge in [0.05, 0.1) is 0 Å². The van der Waals surface area contributed by atoms with Gasteiger partial charge in [0.1, 0.15) is 0 Å². The maximum Gasteiger partial charge on any atom is 0.299 e. The monoisotopic (exact) mass is 208 g/mol. The van der Waals surface area contributed by atoms with Crippen molar-refractivity contribution in [2.24, 2.45) is 0 Å². The minimum atomic E-state index is 0.484. The summed E-state index contributed by atoms with van der Waals surface area (Å²) in [6.07, 6.45) is 5.85. The van der Waals surface area contributed by atoms with Gasteiger partial charge in [0.25, 0.3) is 6.47 Å². The van der Waals surface area contributed by atoms with E-state index in [1.54, 1.807) is 0 Å². The molecule has 0 saturated heterocycles. The fraction of sp³-hybridized carbons (Fsp3) is 0.364. The predicted molar refractivity (Wildman–Crippen MR) is 57.6 cm³/mol. The van der Waals surface area contributed by atoms with E-state index < -0.39 is 0 Å². The van der Waals surface area contributed by atoms with Crippen molar-refractivity contribution in [3.05, 3.63) is 22.6 Å². The van der Waals surface area contributed by atoms with Crippen molar-refractivity contribution in [3.63, 3.8) is 0 Å². The van der Waals surface area contributed by atoms with Gasteiger partial charge in [-0.25, -0.2) is 0 Å². The lowest BCUT2D eigenvalue weighted by molar-refractivity contribution is -0.120. The van der Waals surface area contributed by atoms with Crippen molar-refractivity contribution in [2.75, 3.05) is 0 Å². The molecule has 0 bridgehead atoms. The van der Waals surface area contributed by atoms with Gasteiger partial charge in [-0.1, -0.05) is 6.08 Å². The van der Waals surface area contributed by atoms with Gasteiger partial charge >= 0.3 is 0 Å². The number of rotatable bonds is 3. The molecule has 14 heavy (non-hydrogen) atoms. The Kier molecular flexibility index (Phi) is 2.68. The third-order valence-electron chi connectivity index (χ3n) is 2.45. The SMILES string of the molecule is Cc1sc(OC=O)cc1C1=CCCC1. The molecule has 0 fully saturated rings. The van der Waals surface area contributed by atoms with Crippen LogP contribution in [0.15, 0.2) is 12.1 Å². The highest BCUT2D eigenvalue weighted by Gasteiger charge is 2.13. The molecule has 1 aliphatic rings. The summed E-state index contributed by atoms with van der Waals surface area (Å²) in [5.74, 6) is 0. The molecule has 2 nitrogen and oxygen atoms in total. The average molecular weight is 208 g/mol. The van der Waals surface area contributed by atoms with Crippen molar-refractivity contribution in [3.8, 4) is 5.06 Å². The molecule has 1 heterocycles. The first kappa shape index (κ1) is 9.46. The van der Waals surface area contributed by atoms with Crippen molar-refractivity contribution >= 4 is 23.4 Å². The summed E-state index contributed by atoms with van der Waals surface area (Å²) in [6.45, 7) is 2.55. The van der Waals surface area contributed by atoms with Crippen LogP contribution in [0, 0.1) is 6.92 Å². The number of carbonyl (C=O) groups excluding carboxylic acids is 1. The molecule has 0 radical (unpaired) electrons. The Morgan fingerprint density at radius 2 is 2.43 bits per heavy atom. The first-order valence-electron chi connectivity index (χ1n) is 4.71. The summed E-state index contributed by atoms with van der Waals surface area (Å²) in [5, 5.41) is 0.695. The van der Waals surface area contributed by atoms with Crippen LogP contribution < -0.4 is 4.74 Å². The summed E-state index contributed by atoms with van der Waals surface area (Å²) < 4.78 is 4.84. The number of allylic oxidation sites excluding steroid dienone is 2. The maximum atomic E-state index is 10.2. The zero-order valence-electron chi connectivity index (χ0n) is 8.08. The van der Waals surface area contributed by atoms with E-state index in [-0.39, 0.29) is 0 Å². The molecule has 1 aromatic rings. The van der Waals surface area contributed by atoms with Gasteiger partial charge in [0.15, 0.2) is 5.06 Å². The normalized spacial score (nSPS) is 15.4. The van der Waals surface area contributed by atoms with E-state index >= 15 is 0 Å². The van der Waals surface area contributed by atoms with Crippen molar-refractivity contribution in [1.82, 2.24) is 0 Å². The average Bonchev–Trinajstić information content (AvgIpc) is 2.74. The number of aryl methyl sites for hydroxylation is 1. The molecule has 0 saturated carbocycles. The summed E-state index contributed by atoms with van der Waals surface area (Å²) in [6, 6.07) is 1.96. The molecule has 1 aromatic heterocycles. The van der Waals surface area contributed by atoms with Gasteiger partial charge in [-0.3, -0.25) is 4.79 Å². The van der Waals surface area contributed by atoms with Crippen LogP contribution in [0.2, 0.25) is 0 Å². The summed E-state index contributed by atoms with van der Waals surface area (Å²) in [4.78, 5) is 11.4. The van der Waals surface area contributed by atoms with Crippen molar-refractivity contribution < 1.29 is 9.53 Å². The van der Waals surface area contributed by atoms with E-state index in [2.05, 4.69) is 13.0 Å². The molecule has 0 atom stereocenters. The molecular formula is C11H12O2S. The van der Waals surface area contributed by atoms with E-state index in [1.807, 2.05) is 6.07 Å². The number of hydrogen-bond donors (Lipinski definition) is 0. The standard InChI is InChI=1S/C11H12O2S/c1-8-10(9-4-2-3-5-9)6-11(14-8)13-7-12/h4,6-7H,2-3,5H2,1H3. The van der Waals surface area contributed by atoms with Gasteiger partial charge in [-0.2, -0.15) is 0 Å². The molecule has 0 unspecified atom stereocenters. The Morgan fingerprint density at radius 3 is 3.07 bits per heavy atom. The van der Waals surface area contributed by atoms with E-state index in [1.165, 1.54) is 40.2 Å². The van der Waals surface area contributed by atoms with Crippen LogP contribution in [-0.4, -0.2) is 6.47 Å². The molecule has 1 aliphatic carbocycles. The molecule has 0 aromatic carbocycles. The predicted octanol–water partition coefficient (Wildman–Crippen LogP) is 3.16. The zero-order valence-corrected chi connectivity index (χ0v) is 8.89. The lowest BCUT2D eigenvalue weighted by Gasteiger charge is -1.98. The highest BCUT2D eigenvalue weighted by molar-refractivity contribution is 7.14. The Morgan fingerprint density at radius 1 is 1.57 bits per heavy atom. The van der Waals surface area contributed by atoms with Crippen LogP contribution in [0.25, 0.3) is 5.57 Å². The highest BCUT2D eigenvalue weighted by Crippen LogP contribution is 2.37. The lowest BCUT2D eigenvalue weighted by atomic mass is 10.1. The molecule has 3 heteroatoms. The van der Waals surface area contributed by atoms with Gasteiger partial charge in [-0.05, 0) is 37.3 Å². The number of hydrogen-bond acceptors (Lipinski definition) is 3. The lowest BCUT2D eigenvalue weighted by Crippen LogP contribution is -1.83. The smallest absolute Gasteiger partial charge is 0.299 e. The molecule has 2 rings (SSSR count). The van der Waals surface area contributed by atoms with Crippen molar-refractivity contribution in [1.29, 1.82) is 0 Å². The maximum absolute atomic E-state index is 10.2. The Balaban J connectivity index is 2.28. The number of carbonyl (C=O) groups is 1. The van der Waals surface area contributed by atoms with Crippen LogP contribution in [0.5, 0.6) is 5.06 Å². The first-order chi connectivity index (χ1) is 6.81. The summed E-state index contributed by atoms with van der Waals surface area (Å²) in [7, 11) is 0.